The zero-order valence-electron chi connectivity index (χ0n) is 12.2. The van der Waals surface area contributed by atoms with Crippen molar-refractivity contribution in [2.75, 3.05) is 0 Å². The SMILES string of the molecule is Cc1cc(CNC2CC3CC2C2CCCC32)ccc1F. The minimum absolute atomic E-state index is 0.0949. The number of nitrogens with one attached hydrogen (secondary N) is 1. The van der Waals surface area contributed by atoms with Crippen molar-refractivity contribution in [2.24, 2.45) is 23.7 Å². The molecule has 3 aliphatic carbocycles. The second-order valence-electron chi connectivity index (χ2n) is 7.22. The minimum Gasteiger partial charge on any atom is -0.310 e. The fraction of sp³-hybridized carbons (Fsp3) is 0.667. The number of halogens is 1. The van der Waals surface area contributed by atoms with Gasteiger partial charge in [0.15, 0.2) is 0 Å². The van der Waals surface area contributed by atoms with Crippen molar-refractivity contribution in [3.63, 3.8) is 0 Å². The van der Waals surface area contributed by atoms with E-state index in [-0.39, 0.29) is 5.82 Å². The zero-order chi connectivity index (χ0) is 13.7. The summed E-state index contributed by atoms with van der Waals surface area (Å²) in [6.45, 7) is 2.74. The van der Waals surface area contributed by atoms with Crippen LogP contribution in [0.25, 0.3) is 0 Å². The Kier molecular flexibility index (Phi) is 3.10. The zero-order valence-corrected chi connectivity index (χ0v) is 12.2. The first-order valence-corrected chi connectivity index (χ1v) is 8.21. The Balaban J connectivity index is 1.40. The van der Waals surface area contributed by atoms with E-state index in [1.165, 1.54) is 37.7 Å². The monoisotopic (exact) mass is 273 g/mol. The fourth-order valence-corrected chi connectivity index (χ4v) is 5.37. The largest absolute Gasteiger partial charge is 0.310 e. The topological polar surface area (TPSA) is 12.0 Å². The average Bonchev–Trinajstić information content (AvgIpc) is 3.11. The van der Waals surface area contributed by atoms with Crippen LogP contribution in [0.4, 0.5) is 4.39 Å². The summed E-state index contributed by atoms with van der Waals surface area (Å²) in [6, 6.07) is 6.21. The van der Waals surface area contributed by atoms with E-state index in [9.17, 15) is 4.39 Å². The summed E-state index contributed by atoms with van der Waals surface area (Å²) in [5.41, 5.74) is 1.97. The summed E-state index contributed by atoms with van der Waals surface area (Å²) in [5.74, 6) is 3.91. The molecule has 3 fully saturated rings. The molecule has 0 aromatic heterocycles. The number of aryl methyl sites for hydroxylation is 1. The van der Waals surface area contributed by atoms with Gasteiger partial charge in [-0.25, -0.2) is 4.39 Å². The molecule has 1 nitrogen and oxygen atoms in total. The molecular weight excluding hydrogens is 249 g/mol. The molecule has 0 aliphatic heterocycles. The maximum absolute atomic E-state index is 13.3. The Morgan fingerprint density at radius 1 is 1.15 bits per heavy atom. The molecule has 0 spiro atoms. The first kappa shape index (κ1) is 12.8. The van der Waals surface area contributed by atoms with Crippen LogP contribution in [-0.2, 0) is 6.54 Å². The van der Waals surface area contributed by atoms with Crippen molar-refractivity contribution >= 4 is 0 Å². The molecule has 5 unspecified atom stereocenters. The minimum atomic E-state index is -0.0949. The average molecular weight is 273 g/mol. The molecule has 108 valence electrons. The molecule has 20 heavy (non-hydrogen) atoms. The van der Waals surface area contributed by atoms with Crippen LogP contribution in [0.2, 0.25) is 0 Å². The molecule has 0 amide bonds. The Morgan fingerprint density at radius 3 is 2.85 bits per heavy atom. The molecule has 0 heterocycles. The van der Waals surface area contributed by atoms with Gasteiger partial charge in [0.1, 0.15) is 5.82 Å². The molecule has 2 bridgehead atoms. The molecule has 1 aromatic carbocycles. The van der Waals surface area contributed by atoms with Crippen LogP contribution in [0.3, 0.4) is 0 Å². The third-order valence-electron chi connectivity index (χ3n) is 6.22. The van der Waals surface area contributed by atoms with E-state index in [0.29, 0.717) is 6.04 Å². The highest BCUT2D eigenvalue weighted by Crippen LogP contribution is 2.58. The Morgan fingerprint density at radius 2 is 2.00 bits per heavy atom. The van der Waals surface area contributed by atoms with Crippen LogP contribution in [0.1, 0.15) is 43.2 Å². The normalized spacial score (nSPS) is 38.4. The van der Waals surface area contributed by atoms with Crippen molar-refractivity contribution < 1.29 is 4.39 Å². The van der Waals surface area contributed by atoms with E-state index in [1.807, 2.05) is 19.1 Å². The third-order valence-corrected chi connectivity index (χ3v) is 6.22. The van der Waals surface area contributed by atoms with Crippen LogP contribution >= 0.6 is 0 Å². The molecule has 0 saturated heterocycles. The second kappa shape index (κ2) is 4.84. The van der Waals surface area contributed by atoms with E-state index < -0.39 is 0 Å². The summed E-state index contributed by atoms with van der Waals surface area (Å²) in [6.07, 6.45) is 7.28. The number of benzene rings is 1. The lowest BCUT2D eigenvalue weighted by Crippen LogP contribution is -2.38. The lowest BCUT2D eigenvalue weighted by atomic mass is 9.79. The van der Waals surface area contributed by atoms with E-state index in [0.717, 1.165) is 35.8 Å². The molecule has 3 aliphatic rings. The predicted octanol–water partition coefficient (Wildman–Crippen LogP) is 4.05. The Labute approximate surface area is 121 Å². The van der Waals surface area contributed by atoms with E-state index >= 15 is 0 Å². The van der Waals surface area contributed by atoms with Crippen molar-refractivity contribution in [1.82, 2.24) is 5.32 Å². The van der Waals surface area contributed by atoms with Gasteiger partial charge in [-0.3, -0.25) is 0 Å². The van der Waals surface area contributed by atoms with Crippen LogP contribution in [0.15, 0.2) is 18.2 Å². The standard InChI is InChI=1S/C18H24FN/c1-11-7-12(5-6-17(11)19)10-20-18-9-13-8-16(18)15-4-2-3-14(13)15/h5-7,13-16,18,20H,2-4,8-10H2,1H3. The van der Waals surface area contributed by atoms with Crippen LogP contribution in [-0.4, -0.2) is 6.04 Å². The number of hydrogen-bond acceptors (Lipinski definition) is 1. The molecule has 5 atom stereocenters. The molecule has 0 radical (unpaired) electrons. The summed E-state index contributed by atoms with van der Waals surface area (Å²) in [7, 11) is 0. The summed E-state index contributed by atoms with van der Waals surface area (Å²) < 4.78 is 13.3. The van der Waals surface area contributed by atoms with Gasteiger partial charge in [-0.15, -0.1) is 0 Å². The van der Waals surface area contributed by atoms with Crippen molar-refractivity contribution in [3.05, 3.63) is 35.1 Å². The van der Waals surface area contributed by atoms with Crippen molar-refractivity contribution in [3.8, 4) is 0 Å². The summed E-state index contributed by atoms with van der Waals surface area (Å²) >= 11 is 0. The summed E-state index contributed by atoms with van der Waals surface area (Å²) in [4.78, 5) is 0. The van der Waals surface area contributed by atoms with Crippen molar-refractivity contribution in [2.45, 2.75) is 51.6 Å². The highest BCUT2D eigenvalue weighted by molar-refractivity contribution is 5.24. The van der Waals surface area contributed by atoms with Gasteiger partial charge in [0.25, 0.3) is 0 Å². The van der Waals surface area contributed by atoms with E-state index in [2.05, 4.69) is 5.32 Å². The van der Waals surface area contributed by atoms with Crippen molar-refractivity contribution in [1.29, 1.82) is 0 Å². The number of hydrogen-bond donors (Lipinski definition) is 1. The molecular formula is C18H24FN. The molecule has 3 saturated carbocycles. The summed E-state index contributed by atoms with van der Waals surface area (Å²) in [5, 5.41) is 3.77. The highest BCUT2D eigenvalue weighted by atomic mass is 19.1. The Bertz CT molecular complexity index is 512. The lowest BCUT2D eigenvalue weighted by molar-refractivity contribution is 0.208. The molecule has 1 aromatic rings. The molecule has 2 heteroatoms. The maximum Gasteiger partial charge on any atom is 0.126 e. The van der Waals surface area contributed by atoms with Crippen LogP contribution in [0.5, 0.6) is 0 Å². The lowest BCUT2D eigenvalue weighted by Gasteiger charge is -2.32. The number of fused-ring (bicyclic) bond motifs is 5. The maximum atomic E-state index is 13.3. The Hall–Kier alpha value is -0.890. The quantitative estimate of drug-likeness (QED) is 0.876. The van der Waals surface area contributed by atoms with Gasteiger partial charge in [-0.05, 0) is 73.5 Å². The van der Waals surface area contributed by atoms with E-state index in [1.54, 1.807) is 6.07 Å². The van der Waals surface area contributed by atoms with Gasteiger partial charge in [0.2, 0.25) is 0 Å². The smallest absolute Gasteiger partial charge is 0.126 e. The van der Waals surface area contributed by atoms with Gasteiger partial charge < -0.3 is 5.32 Å². The van der Waals surface area contributed by atoms with Gasteiger partial charge in [0, 0.05) is 12.6 Å². The molecule has 1 N–H and O–H groups in total. The fourth-order valence-electron chi connectivity index (χ4n) is 5.37. The van der Waals surface area contributed by atoms with Gasteiger partial charge in [-0.1, -0.05) is 18.6 Å². The van der Waals surface area contributed by atoms with Gasteiger partial charge in [-0.2, -0.15) is 0 Å². The predicted molar refractivity (Wildman–Crippen MR) is 78.8 cm³/mol. The second-order valence-corrected chi connectivity index (χ2v) is 7.22. The van der Waals surface area contributed by atoms with E-state index in [4.69, 9.17) is 0 Å². The van der Waals surface area contributed by atoms with Crippen LogP contribution < -0.4 is 5.32 Å². The molecule has 4 rings (SSSR count). The first-order chi connectivity index (χ1) is 9.72. The third kappa shape index (κ3) is 2.00. The van der Waals surface area contributed by atoms with Gasteiger partial charge >= 0.3 is 0 Å². The number of rotatable bonds is 3. The van der Waals surface area contributed by atoms with Gasteiger partial charge in [0.05, 0.1) is 0 Å². The first-order valence-electron chi connectivity index (χ1n) is 8.21. The van der Waals surface area contributed by atoms with Crippen LogP contribution in [0, 0.1) is 36.4 Å². The highest BCUT2D eigenvalue weighted by Gasteiger charge is 2.53.